The van der Waals surface area contributed by atoms with Crippen molar-refractivity contribution in [2.75, 3.05) is 12.4 Å². The van der Waals surface area contributed by atoms with E-state index in [1.165, 1.54) is 0 Å². The molecule has 0 saturated heterocycles. The van der Waals surface area contributed by atoms with Gasteiger partial charge in [-0.25, -0.2) is 0 Å². The summed E-state index contributed by atoms with van der Waals surface area (Å²) >= 11 is 7.71. The number of thioether (sulfide) groups is 1. The van der Waals surface area contributed by atoms with E-state index in [9.17, 15) is 4.79 Å². The molecule has 86 valence electrons. The Kier molecular flexibility index (Phi) is 3.77. The van der Waals surface area contributed by atoms with Crippen molar-refractivity contribution in [1.82, 2.24) is 0 Å². The van der Waals surface area contributed by atoms with Crippen LogP contribution in [0.15, 0.2) is 17.0 Å². The van der Waals surface area contributed by atoms with Crippen molar-refractivity contribution in [3.8, 4) is 5.75 Å². The molecule has 1 aliphatic heterocycles. The SMILES string of the molecule is CCCOc1ccc(Cl)c2c1SCCC2=O. The summed E-state index contributed by atoms with van der Waals surface area (Å²) in [4.78, 5) is 12.7. The maximum atomic E-state index is 11.8. The smallest absolute Gasteiger partial charge is 0.166 e. The Balaban J connectivity index is 2.41. The van der Waals surface area contributed by atoms with Gasteiger partial charge in [0.15, 0.2) is 5.78 Å². The average molecular weight is 257 g/mol. The lowest BCUT2D eigenvalue weighted by Gasteiger charge is -2.19. The molecule has 2 nitrogen and oxygen atoms in total. The van der Waals surface area contributed by atoms with Gasteiger partial charge < -0.3 is 4.74 Å². The molecule has 0 bridgehead atoms. The number of hydrogen-bond acceptors (Lipinski definition) is 3. The van der Waals surface area contributed by atoms with Crippen molar-refractivity contribution in [2.24, 2.45) is 0 Å². The van der Waals surface area contributed by atoms with E-state index in [0.29, 0.717) is 23.6 Å². The number of Topliss-reactive ketones (excluding diaryl/α,β-unsaturated/α-hetero) is 1. The van der Waals surface area contributed by atoms with Crippen LogP contribution >= 0.6 is 23.4 Å². The number of ether oxygens (including phenoxy) is 1. The first kappa shape index (κ1) is 11.8. The highest BCUT2D eigenvalue weighted by atomic mass is 35.5. The summed E-state index contributed by atoms with van der Waals surface area (Å²) in [7, 11) is 0. The van der Waals surface area contributed by atoms with Gasteiger partial charge in [0.25, 0.3) is 0 Å². The molecule has 0 aliphatic carbocycles. The molecule has 0 atom stereocenters. The predicted molar refractivity (Wildman–Crippen MR) is 66.9 cm³/mol. The van der Waals surface area contributed by atoms with Gasteiger partial charge in [-0.05, 0) is 18.6 Å². The molecule has 0 fully saturated rings. The Morgan fingerprint density at radius 1 is 1.50 bits per heavy atom. The van der Waals surface area contributed by atoms with E-state index in [-0.39, 0.29) is 5.78 Å². The van der Waals surface area contributed by atoms with Gasteiger partial charge in [-0.1, -0.05) is 18.5 Å². The van der Waals surface area contributed by atoms with Crippen LogP contribution in [0.25, 0.3) is 0 Å². The minimum atomic E-state index is 0.126. The second-order valence-corrected chi connectivity index (χ2v) is 5.13. The van der Waals surface area contributed by atoms with Crippen LogP contribution in [0.3, 0.4) is 0 Å². The number of benzene rings is 1. The van der Waals surface area contributed by atoms with E-state index >= 15 is 0 Å². The van der Waals surface area contributed by atoms with Crippen LogP contribution in [0, 0.1) is 0 Å². The minimum Gasteiger partial charge on any atom is -0.492 e. The van der Waals surface area contributed by atoms with Gasteiger partial charge in [-0.15, -0.1) is 11.8 Å². The van der Waals surface area contributed by atoms with Gasteiger partial charge >= 0.3 is 0 Å². The van der Waals surface area contributed by atoms with Gasteiger partial charge in [0.05, 0.1) is 22.1 Å². The van der Waals surface area contributed by atoms with Crippen LogP contribution < -0.4 is 4.74 Å². The molecule has 0 radical (unpaired) electrons. The summed E-state index contributed by atoms with van der Waals surface area (Å²) in [6.07, 6.45) is 1.52. The summed E-state index contributed by atoms with van der Waals surface area (Å²) in [5.74, 6) is 1.73. The first-order valence-electron chi connectivity index (χ1n) is 5.35. The molecule has 1 aromatic carbocycles. The van der Waals surface area contributed by atoms with Crippen molar-refractivity contribution >= 4 is 29.1 Å². The van der Waals surface area contributed by atoms with Gasteiger partial charge in [-0.2, -0.15) is 0 Å². The molecular formula is C12H13ClO2S. The Morgan fingerprint density at radius 3 is 3.06 bits per heavy atom. The fraction of sp³-hybridized carbons (Fsp3) is 0.417. The molecule has 0 amide bonds. The predicted octanol–water partition coefficient (Wildman–Crippen LogP) is 3.81. The number of rotatable bonds is 3. The molecule has 4 heteroatoms. The zero-order valence-electron chi connectivity index (χ0n) is 9.09. The highest BCUT2D eigenvalue weighted by molar-refractivity contribution is 7.99. The van der Waals surface area contributed by atoms with Crippen LogP contribution in [-0.2, 0) is 0 Å². The molecule has 0 N–H and O–H groups in total. The van der Waals surface area contributed by atoms with Gasteiger partial charge in [0.1, 0.15) is 5.75 Å². The molecule has 1 aliphatic rings. The quantitative estimate of drug-likeness (QED) is 0.823. The molecule has 1 aromatic rings. The van der Waals surface area contributed by atoms with E-state index < -0.39 is 0 Å². The Bertz CT molecular complexity index is 418. The second kappa shape index (κ2) is 5.11. The molecular weight excluding hydrogens is 244 g/mol. The number of carbonyl (C=O) groups is 1. The molecule has 0 unspecified atom stereocenters. The summed E-state index contributed by atoms with van der Waals surface area (Å²) < 4.78 is 5.63. The van der Waals surface area contributed by atoms with E-state index in [1.54, 1.807) is 17.8 Å². The normalized spacial score (nSPS) is 14.8. The third-order valence-electron chi connectivity index (χ3n) is 2.39. The molecule has 16 heavy (non-hydrogen) atoms. The fourth-order valence-electron chi connectivity index (χ4n) is 1.64. The number of halogens is 1. The van der Waals surface area contributed by atoms with E-state index in [2.05, 4.69) is 6.92 Å². The summed E-state index contributed by atoms with van der Waals surface area (Å²) in [5.41, 5.74) is 0.645. The monoisotopic (exact) mass is 256 g/mol. The minimum absolute atomic E-state index is 0.126. The molecule has 0 spiro atoms. The van der Waals surface area contributed by atoms with Gasteiger partial charge in [0, 0.05) is 12.2 Å². The Labute approximate surface area is 104 Å². The highest BCUT2D eigenvalue weighted by Crippen LogP contribution is 2.41. The van der Waals surface area contributed by atoms with Crippen molar-refractivity contribution in [3.63, 3.8) is 0 Å². The van der Waals surface area contributed by atoms with Crippen molar-refractivity contribution in [2.45, 2.75) is 24.7 Å². The standard InChI is InChI=1S/C12H13ClO2S/c1-2-6-15-10-4-3-8(13)11-9(14)5-7-16-12(10)11/h3-4H,2,5-7H2,1H3. The third kappa shape index (κ3) is 2.20. The highest BCUT2D eigenvalue weighted by Gasteiger charge is 2.24. The van der Waals surface area contributed by atoms with Gasteiger partial charge in [-0.3, -0.25) is 4.79 Å². The van der Waals surface area contributed by atoms with Crippen LogP contribution in [-0.4, -0.2) is 18.1 Å². The lowest BCUT2D eigenvalue weighted by atomic mass is 10.1. The maximum Gasteiger partial charge on any atom is 0.166 e. The fourth-order valence-corrected chi connectivity index (χ4v) is 3.09. The lowest BCUT2D eigenvalue weighted by molar-refractivity contribution is 0.0984. The molecule has 0 saturated carbocycles. The summed E-state index contributed by atoms with van der Waals surface area (Å²) in [6, 6.07) is 3.59. The number of ketones is 1. The van der Waals surface area contributed by atoms with E-state index in [1.807, 2.05) is 6.07 Å². The lowest BCUT2D eigenvalue weighted by Crippen LogP contribution is -2.10. The molecule has 1 heterocycles. The van der Waals surface area contributed by atoms with Crippen molar-refractivity contribution in [1.29, 1.82) is 0 Å². The Morgan fingerprint density at radius 2 is 2.31 bits per heavy atom. The van der Waals surface area contributed by atoms with E-state index in [4.69, 9.17) is 16.3 Å². The van der Waals surface area contributed by atoms with Crippen LogP contribution in [0.1, 0.15) is 30.1 Å². The third-order valence-corrected chi connectivity index (χ3v) is 3.80. The number of hydrogen-bond donors (Lipinski definition) is 0. The summed E-state index contributed by atoms with van der Waals surface area (Å²) in [6.45, 7) is 2.73. The van der Waals surface area contributed by atoms with Gasteiger partial charge in [0.2, 0.25) is 0 Å². The average Bonchev–Trinajstić information content (AvgIpc) is 2.28. The topological polar surface area (TPSA) is 26.3 Å². The van der Waals surface area contributed by atoms with Crippen molar-refractivity contribution in [3.05, 3.63) is 22.7 Å². The molecule has 0 aromatic heterocycles. The maximum absolute atomic E-state index is 11.8. The zero-order valence-corrected chi connectivity index (χ0v) is 10.7. The first-order valence-corrected chi connectivity index (χ1v) is 6.71. The Hall–Kier alpha value is -0.670. The van der Waals surface area contributed by atoms with Crippen LogP contribution in [0.4, 0.5) is 0 Å². The largest absolute Gasteiger partial charge is 0.492 e. The number of carbonyl (C=O) groups excluding carboxylic acids is 1. The first-order chi connectivity index (χ1) is 7.74. The van der Waals surface area contributed by atoms with Crippen LogP contribution in [0.5, 0.6) is 5.75 Å². The van der Waals surface area contributed by atoms with E-state index in [0.717, 1.165) is 22.8 Å². The second-order valence-electron chi connectivity index (χ2n) is 3.62. The number of fused-ring (bicyclic) bond motifs is 1. The van der Waals surface area contributed by atoms with Crippen molar-refractivity contribution < 1.29 is 9.53 Å². The van der Waals surface area contributed by atoms with Crippen LogP contribution in [0.2, 0.25) is 5.02 Å². The molecule has 2 rings (SSSR count). The summed E-state index contributed by atoms with van der Waals surface area (Å²) in [5, 5.41) is 0.538. The zero-order chi connectivity index (χ0) is 11.5.